The van der Waals surface area contributed by atoms with Crippen molar-refractivity contribution in [2.24, 2.45) is 0 Å². The van der Waals surface area contributed by atoms with Crippen molar-refractivity contribution in [3.05, 3.63) is 82.6 Å². The first-order chi connectivity index (χ1) is 15.5. The van der Waals surface area contributed by atoms with Crippen LogP contribution in [0.25, 0.3) is 11.1 Å². The van der Waals surface area contributed by atoms with E-state index in [1.54, 1.807) is 48.7 Å². The number of benzene rings is 2. The lowest BCUT2D eigenvalue weighted by Crippen LogP contribution is -2.23. The van der Waals surface area contributed by atoms with Crippen molar-refractivity contribution in [3.63, 3.8) is 0 Å². The van der Waals surface area contributed by atoms with Crippen LogP contribution in [0.2, 0.25) is 5.02 Å². The normalized spacial score (nSPS) is 13.7. The van der Waals surface area contributed by atoms with Crippen LogP contribution in [0.15, 0.2) is 60.8 Å². The maximum atomic E-state index is 12.6. The van der Waals surface area contributed by atoms with Gasteiger partial charge in [0.15, 0.2) is 0 Å². The summed E-state index contributed by atoms with van der Waals surface area (Å²) in [4.78, 5) is 28.2. The molecule has 0 aliphatic heterocycles. The zero-order chi connectivity index (χ0) is 22.5. The largest absolute Gasteiger partial charge is 0.490 e. The molecule has 4 rings (SSSR count). The van der Waals surface area contributed by atoms with Crippen molar-refractivity contribution < 1.29 is 19.4 Å². The quantitative estimate of drug-likeness (QED) is 0.506. The third-order valence-electron chi connectivity index (χ3n) is 5.48. The van der Waals surface area contributed by atoms with E-state index in [1.807, 2.05) is 12.1 Å². The van der Waals surface area contributed by atoms with Crippen molar-refractivity contribution in [2.75, 3.05) is 0 Å². The third kappa shape index (κ3) is 5.26. The van der Waals surface area contributed by atoms with Crippen LogP contribution < -0.4 is 10.1 Å². The maximum Gasteiger partial charge on any atom is 0.335 e. The highest BCUT2D eigenvalue weighted by atomic mass is 35.5. The Morgan fingerprint density at radius 2 is 1.84 bits per heavy atom. The molecular weight excluding hydrogens is 428 g/mol. The zero-order valence-electron chi connectivity index (χ0n) is 17.4. The molecule has 0 spiro atoms. The van der Waals surface area contributed by atoms with E-state index in [2.05, 4.69) is 10.3 Å². The molecule has 32 heavy (non-hydrogen) atoms. The van der Waals surface area contributed by atoms with Gasteiger partial charge >= 0.3 is 5.97 Å². The predicted octanol–water partition coefficient (Wildman–Crippen LogP) is 5.35. The van der Waals surface area contributed by atoms with E-state index in [0.717, 1.165) is 24.0 Å². The summed E-state index contributed by atoms with van der Waals surface area (Å²) in [6.45, 7) is 0.210. The Morgan fingerprint density at radius 1 is 1.06 bits per heavy atom. The van der Waals surface area contributed by atoms with Crippen LogP contribution in [0, 0.1) is 0 Å². The highest BCUT2D eigenvalue weighted by Crippen LogP contribution is 2.28. The molecule has 0 saturated heterocycles. The van der Waals surface area contributed by atoms with Gasteiger partial charge in [0.2, 0.25) is 0 Å². The molecular formula is C25H23ClN2O4. The highest BCUT2D eigenvalue weighted by Gasteiger charge is 2.18. The number of carbonyl (C=O) groups excluding carboxylic acids is 1. The predicted molar refractivity (Wildman–Crippen MR) is 122 cm³/mol. The van der Waals surface area contributed by atoms with Crippen LogP contribution in [0.3, 0.4) is 0 Å². The number of halogens is 1. The summed E-state index contributed by atoms with van der Waals surface area (Å²) < 4.78 is 5.94. The van der Waals surface area contributed by atoms with Crippen LogP contribution in [-0.4, -0.2) is 28.1 Å². The lowest BCUT2D eigenvalue weighted by atomic mass is 10.0. The van der Waals surface area contributed by atoms with Gasteiger partial charge in [-0.3, -0.25) is 9.78 Å². The number of nitrogens with zero attached hydrogens (tertiary/aromatic N) is 1. The number of carbonyl (C=O) groups is 2. The van der Waals surface area contributed by atoms with Gasteiger partial charge in [-0.1, -0.05) is 23.7 Å². The van der Waals surface area contributed by atoms with Gasteiger partial charge in [-0.2, -0.15) is 0 Å². The van der Waals surface area contributed by atoms with Gasteiger partial charge in [-0.15, -0.1) is 0 Å². The second-order valence-corrected chi connectivity index (χ2v) is 8.18. The maximum absolute atomic E-state index is 12.6. The second-order valence-electron chi connectivity index (χ2n) is 7.77. The molecule has 1 amide bonds. The summed E-state index contributed by atoms with van der Waals surface area (Å²) in [6.07, 6.45) is 6.31. The number of pyridine rings is 1. The fourth-order valence-corrected chi connectivity index (χ4v) is 4.06. The molecule has 1 aliphatic rings. The van der Waals surface area contributed by atoms with Gasteiger partial charge in [0.25, 0.3) is 5.91 Å². The van der Waals surface area contributed by atoms with Crippen molar-refractivity contribution >= 4 is 23.5 Å². The van der Waals surface area contributed by atoms with E-state index in [1.165, 1.54) is 12.8 Å². The molecule has 0 radical (unpaired) electrons. The van der Waals surface area contributed by atoms with Gasteiger partial charge in [0.1, 0.15) is 5.75 Å². The lowest BCUT2D eigenvalue weighted by Gasteiger charge is -2.14. The first kappa shape index (κ1) is 21.8. The molecule has 0 unspecified atom stereocenters. The molecule has 2 aromatic carbocycles. The Hall–Kier alpha value is -3.38. The first-order valence-corrected chi connectivity index (χ1v) is 10.9. The summed E-state index contributed by atoms with van der Waals surface area (Å²) in [5, 5.41) is 12.4. The number of amides is 1. The molecule has 7 heteroatoms. The van der Waals surface area contributed by atoms with Crippen LogP contribution >= 0.6 is 11.6 Å². The first-order valence-electron chi connectivity index (χ1n) is 10.5. The van der Waals surface area contributed by atoms with Gasteiger partial charge in [-0.05, 0) is 79.3 Å². The Kier molecular flexibility index (Phi) is 6.71. The number of aromatic nitrogens is 1. The number of rotatable bonds is 7. The fraction of sp³-hybridized carbons (Fsp3) is 0.240. The van der Waals surface area contributed by atoms with Gasteiger partial charge < -0.3 is 15.2 Å². The molecule has 1 heterocycles. The monoisotopic (exact) mass is 450 g/mol. The standard InChI is InChI=1S/C25H23ClN2O4/c26-23-14-21(32-20-6-1-2-7-20)8-9-22(23)24(29)28-15-19-13-17(10-11-27-19)16-4-3-5-18(12-16)25(30)31/h3-5,8-14,20H,1-2,6-7,15H2,(H,28,29)(H,30,31). The van der Waals surface area contributed by atoms with E-state index in [-0.39, 0.29) is 24.1 Å². The van der Waals surface area contributed by atoms with Crippen LogP contribution in [0.5, 0.6) is 5.75 Å². The molecule has 2 N–H and O–H groups in total. The Bertz CT molecular complexity index is 1140. The molecule has 1 fully saturated rings. The van der Waals surface area contributed by atoms with E-state index in [9.17, 15) is 14.7 Å². The van der Waals surface area contributed by atoms with Crippen molar-refractivity contribution in [2.45, 2.75) is 38.3 Å². The molecule has 1 saturated carbocycles. The molecule has 6 nitrogen and oxygen atoms in total. The second kappa shape index (κ2) is 9.83. The number of carboxylic acids is 1. The van der Waals surface area contributed by atoms with Gasteiger partial charge in [-0.25, -0.2) is 4.79 Å². The Morgan fingerprint density at radius 3 is 2.59 bits per heavy atom. The molecule has 1 aliphatic carbocycles. The van der Waals surface area contributed by atoms with Crippen LogP contribution in [0.4, 0.5) is 0 Å². The van der Waals surface area contributed by atoms with E-state index < -0.39 is 5.97 Å². The smallest absolute Gasteiger partial charge is 0.335 e. The molecule has 0 atom stereocenters. The van der Waals surface area contributed by atoms with E-state index in [4.69, 9.17) is 16.3 Å². The lowest BCUT2D eigenvalue weighted by molar-refractivity contribution is 0.0696. The minimum absolute atomic E-state index is 0.210. The molecule has 1 aromatic heterocycles. The van der Waals surface area contributed by atoms with Gasteiger partial charge in [0.05, 0.1) is 34.5 Å². The van der Waals surface area contributed by atoms with Crippen molar-refractivity contribution in [1.29, 1.82) is 0 Å². The fourth-order valence-electron chi connectivity index (χ4n) is 3.80. The topological polar surface area (TPSA) is 88.5 Å². The third-order valence-corrected chi connectivity index (χ3v) is 5.79. The molecule has 0 bridgehead atoms. The van der Waals surface area contributed by atoms with Crippen LogP contribution in [-0.2, 0) is 6.54 Å². The number of ether oxygens (including phenoxy) is 1. The number of hydrogen-bond donors (Lipinski definition) is 2. The minimum Gasteiger partial charge on any atom is -0.490 e. The van der Waals surface area contributed by atoms with Crippen LogP contribution in [0.1, 0.15) is 52.1 Å². The summed E-state index contributed by atoms with van der Waals surface area (Å²) >= 11 is 6.33. The zero-order valence-corrected chi connectivity index (χ0v) is 18.1. The SMILES string of the molecule is O=C(O)c1cccc(-c2ccnc(CNC(=O)c3ccc(OC4CCCC4)cc3Cl)c2)c1. The average Bonchev–Trinajstić information content (AvgIpc) is 3.31. The number of carboxylic acid groups (broad SMARTS) is 1. The van der Waals surface area contributed by atoms with Crippen molar-refractivity contribution in [3.8, 4) is 16.9 Å². The summed E-state index contributed by atoms with van der Waals surface area (Å²) in [5.74, 6) is -0.608. The Labute approximate surface area is 191 Å². The number of hydrogen-bond acceptors (Lipinski definition) is 4. The average molecular weight is 451 g/mol. The Balaban J connectivity index is 1.41. The summed E-state index contributed by atoms with van der Waals surface area (Å²) in [6, 6.07) is 15.4. The highest BCUT2D eigenvalue weighted by molar-refractivity contribution is 6.34. The number of aromatic carboxylic acids is 1. The molecule has 3 aromatic rings. The summed E-state index contributed by atoms with van der Waals surface area (Å²) in [7, 11) is 0. The van der Waals surface area contributed by atoms with E-state index >= 15 is 0 Å². The minimum atomic E-state index is -0.982. The van der Waals surface area contributed by atoms with Gasteiger partial charge in [0, 0.05) is 6.20 Å². The number of nitrogens with one attached hydrogen (secondary N) is 1. The molecule has 164 valence electrons. The summed E-state index contributed by atoms with van der Waals surface area (Å²) in [5.41, 5.74) is 2.81. The van der Waals surface area contributed by atoms with Crippen molar-refractivity contribution in [1.82, 2.24) is 10.3 Å². The van der Waals surface area contributed by atoms with E-state index in [0.29, 0.717) is 22.0 Å².